The summed E-state index contributed by atoms with van der Waals surface area (Å²) in [5, 5.41) is 49.2. The number of amides is 2. The molecule has 0 fully saturated rings. The second-order valence-corrected chi connectivity index (χ2v) is 7.22. The van der Waals surface area contributed by atoms with Crippen molar-refractivity contribution in [1.82, 2.24) is 20.4 Å². The molecule has 0 rings (SSSR count). The van der Waals surface area contributed by atoms with Crippen LogP contribution in [0.2, 0.25) is 0 Å². The van der Waals surface area contributed by atoms with Gasteiger partial charge >= 0.3 is 0 Å². The van der Waals surface area contributed by atoms with E-state index in [4.69, 9.17) is 0 Å². The second kappa shape index (κ2) is 15.5. The molecule has 188 valence electrons. The third-order valence-corrected chi connectivity index (χ3v) is 4.65. The smallest absolute Gasteiger partial charge is 0.222 e. The molecule has 0 spiro atoms. The maximum absolute atomic E-state index is 12.0. The lowest BCUT2D eigenvalue weighted by molar-refractivity contribution is -0.321. The van der Waals surface area contributed by atoms with E-state index in [0.29, 0.717) is 6.42 Å². The second-order valence-electron chi connectivity index (χ2n) is 7.22. The average Bonchev–Trinajstić information content (AvgIpc) is 2.70. The topological polar surface area (TPSA) is 225 Å². The number of carbonyl (C=O) groups excluding carboxylic acids is 6. The van der Waals surface area contributed by atoms with Crippen molar-refractivity contribution >= 4 is 35.7 Å². The molecule has 0 unspecified atom stereocenters. The Morgan fingerprint density at radius 3 is 1.67 bits per heavy atom. The Labute approximate surface area is 190 Å². The quantitative estimate of drug-likeness (QED) is 0.177. The Balaban J connectivity index is 5.14. The van der Waals surface area contributed by atoms with E-state index in [0.717, 1.165) is 9.80 Å². The molecule has 14 nitrogen and oxygen atoms in total. The van der Waals surface area contributed by atoms with E-state index in [2.05, 4.69) is 10.6 Å². The summed E-state index contributed by atoms with van der Waals surface area (Å²) in [7, 11) is 1.25. The van der Waals surface area contributed by atoms with Gasteiger partial charge in [-0.2, -0.15) is 0 Å². The van der Waals surface area contributed by atoms with Gasteiger partial charge < -0.3 is 50.2 Å². The Kier molecular flexibility index (Phi) is 14.0. The predicted molar refractivity (Wildman–Crippen MR) is 102 cm³/mol. The lowest BCUT2D eigenvalue weighted by Crippen LogP contribution is -2.55. The standard InChI is InChI=1S/C19H32N4O10/c1-3-4-14(24)20-11-21-15(25)5-6-23(13(19(32)33)10-17(28)29)8-7-22(2)12(18(30)31)9-16(26)27/h12-13H,3-11H2,1-2H3,(H,20,24)(H,21,25)(H,26,27)(H,28,29)(H,30,31)(H,32,33)/p-4/t12-,13-/m1/s1. The number of likely N-dealkylation sites (N-methyl/N-ethyl adjacent to an activating group) is 1. The summed E-state index contributed by atoms with van der Waals surface area (Å²) in [4.78, 5) is 69.9. The van der Waals surface area contributed by atoms with Gasteiger partial charge in [0, 0.05) is 57.3 Å². The van der Waals surface area contributed by atoms with Crippen LogP contribution in [-0.2, 0) is 28.8 Å². The normalized spacial score (nSPS) is 12.7. The van der Waals surface area contributed by atoms with E-state index in [1.807, 2.05) is 0 Å². The predicted octanol–water partition coefficient (Wildman–Crippen LogP) is -6.88. The Bertz CT molecular complexity index is 715. The largest absolute Gasteiger partial charge is 0.550 e. The van der Waals surface area contributed by atoms with Crippen LogP contribution in [0.4, 0.5) is 0 Å². The van der Waals surface area contributed by atoms with Crippen LogP contribution >= 0.6 is 0 Å². The SMILES string of the molecule is CCCC(=O)NCNC(=O)CCN(CCN(C)[C@H](CC(=O)[O-])C(=O)[O-])[C@H](CC(=O)[O-])C(=O)[O-]. The fourth-order valence-corrected chi connectivity index (χ4v) is 2.85. The lowest BCUT2D eigenvalue weighted by Gasteiger charge is -2.36. The minimum Gasteiger partial charge on any atom is -0.550 e. The molecule has 0 aromatic rings. The van der Waals surface area contributed by atoms with Gasteiger partial charge in [-0.1, -0.05) is 6.92 Å². The van der Waals surface area contributed by atoms with Crippen molar-refractivity contribution in [3.63, 3.8) is 0 Å². The Hall–Kier alpha value is -3.26. The summed E-state index contributed by atoms with van der Waals surface area (Å²) in [5.41, 5.74) is 0. The highest BCUT2D eigenvalue weighted by atomic mass is 16.4. The molecule has 2 N–H and O–H groups in total. The van der Waals surface area contributed by atoms with Gasteiger partial charge in [0.15, 0.2) is 0 Å². The van der Waals surface area contributed by atoms with E-state index in [1.54, 1.807) is 6.92 Å². The maximum Gasteiger partial charge on any atom is 0.222 e. The van der Waals surface area contributed by atoms with Crippen LogP contribution in [0.1, 0.15) is 39.0 Å². The summed E-state index contributed by atoms with van der Waals surface area (Å²) >= 11 is 0. The first-order chi connectivity index (χ1) is 15.4. The van der Waals surface area contributed by atoms with Crippen molar-refractivity contribution in [3.05, 3.63) is 0 Å². The van der Waals surface area contributed by atoms with Crippen LogP contribution in [0.5, 0.6) is 0 Å². The minimum absolute atomic E-state index is 0.153. The van der Waals surface area contributed by atoms with Crippen molar-refractivity contribution in [1.29, 1.82) is 0 Å². The lowest BCUT2D eigenvalue weighted by atomic mass is 10.1. The molecule has 0 aliphatic carbocycles. The summed E-state index contributed by atoms with van der Waals surface area (Å²) in [5.74, 6) is -7.60. The molecule has 2 atom stereocenters. The molecule has 33 heavy (non-hydrogen) atoms. The van der Waals surface area contributed by atoms with Crippen molar-refractivity contribution in [2.24, 2.45) is 0 Å². The Morgan fingerprint density at radius 2 is 1.21 bits per heavy atom. The number of hydrogen-bond acceptors (Lipinski definition) is 12. The van der Waals surface area contributed by atoms with E-state index < -0.39 is 54.7 Å². The van der Waals surface area contributed by atoms with Gasteiger partial charge in [-0.15, -0.1) is 0 Å². The molecule has 0 bridgehead atoms. The van der Waals surface area contributed by atoms with E-state index in [-0.39, 0.29) is 45.1 Å². The summed E-state index contributed by atoms with van der Waals surface area (Å²) in [6.45, 7) is 0.931. The van der Waals surface area contributed by atoms with Gasteiger partial charge in [0.05, 0.1) is 30.7 Å². The third kappa shape index (κ3) is 13.0. The molecule has 2 amide bonds. The van der Waals surface area contributed by atoms with Crippen LogP contribution in [0.3, 0.4) is 0 Å². The first kappa shape index (κ1) is 29.7. The molecule has 0 aromatic heterocycles. The first-order valence-corrected chi connectivity index (χ1v) is 10.2. The zero-order chi connectivity index (χ0) is 25.6. The van der Waals surface area contributed by atoms with Crippen molar-refractivity contribution in [2.75, 3.05) is 33.4 Å². The monoisotopic (exact) mass is 472 g/mol. The van der Waals surface area contributed by atoms with E-state index >= 15 is 0 Å². The first-order valence-electron chi connectivity index (χ1n) is 10.2. The molecule has 0 radical (unpaired) electrons. The maximum atomic E-state index is 12.0. The molecule has 0 aliphatic heterocycles. The molecule has 0 heterocycles. The number of carboxylic acid groups (broad SMARTS) is 4. The fourth-order valence-electron chi connectivity index (χ4n) is 2.85. The van der Waals surface area contributed by atoms with Gasteiger partial charge in [0.1, 0.15) is 0 Å². The molecule has 0 saturated heterocycles. The number of carboxylic acids is 4. The van der Waals surface area contributed by atoms with Crippen LogP contribution in [0.15, 0.2) is 0 Å². The summed E-state index contributed by atoms with van der Waals surface area (Å²) < 4.78 is 0. The van der Waals surface area contributed by atoms with Gasteiger partial charge in [0.25, 0.3) is 0 Å². The van der Waals surface area contributed by atoms with Crippen molar-refractivity contribution < 1.29 is 49.2 Å². The van der Waals surface area contributed by atoms with Gasteiger partial charge in [-0.25, -0.2) is 0 Å². The summed E-state index contributed by atoms with van der Waals surface area (Å²) in [6.07, 6.45) is -1.22. The third-order valence-electron chi connectivity index (χ3n) is 4.65. The minimum atomic E-state index is -1.75. The number of aliphatic carboxylic acids is 4. The molecule has 0 aliphatic rings. The van der Waals surface area contributed by atoms with E-state index in [1.165, 1.54) is 7.05 Å². The van der Waals surface area contributed by atoms with Crippen molar-refractivity contribution in [3.8, 4) is 0 Å². The number of nitrogens with one attached hydrogen (secondary N) is 2. The Morgan fingerprint density at radius 1 is 0.727 bits per heavy atom. The molecule has 0 saturated carbocycles. The van der Waals surface area contributed by atoms with Gasteiger partial charge in [0.2, 0.25) is 11.8 Å². The van der Waals surface area contributed by atoms with Gasteiger partial charge in [-0.05, 0) is 13.5 Å². The number of hydrogen-bond donors (Lipinski definition) is 2. The van der Waals surface area contributed by atoms with Crippen LogP contribution in [-0.4, -0.2) is 90.9 Å². The van der Waals surface area contributed by atoms with Crippen LogP contribution < -0.4 is 31.1 Å². The van der Waals surface area contributed by atoms with Gasteiger partial charge in [-0.3, -0.25) is 19.4 Å². The van der Waals surface area contributed by atoms with E-state index in [9.17, 15) is 49.2 Å². The number of carbonyl (C=O) groups is 6. The fraction of sp³-hybridized carbons (Fsp3) is 0.684. The summed E-state index contributed by atoms with van der Waals surface area (Å²) in [6, 6.07) is -3.27. The highest BCUT2D eigenvalue weighted by molar-refractivity contribution is 5.80. The molecular weight excluding hydrogens is 444 g/mol. The highest BCUT2D eigenvalue weighted by Gasteiger charge is 2.23. The highest BCUT2D eigenvalue weighted by Crippen LogP contribution is 2.08. The molecule has 14 heteroatoms. The van der Waals surface area contributed by atoms with Crippen molar-refractivity contribution in [2.45, 2.75) is 51.1 Å². The average molecular weight is 472 g/mol. The number of nitrogens with zero attached hydrogens (tertiary/aromatic N) is 2. The molecular formula is C19H28N4O10-4. The zero-order valence-corrected chi connectivity index (χ0v) is 18.5. The number of rotatable bonds is 18. The van der Waals surface area contributed by atoms with Crippen LogP contribution in [0.25, 0.3) is 0 Å². The zero-order valence-electron chi connectivity index (χ0n) is 18.5. The van der Waals surface area contributed by atoms with Crippen LogP contribution in [0, 0.1) is 0 Å². The molecule has 0 aromatic carbocycles.